The first-order valence-corrected chi connectivity index (χ1v) is 5.35. The molecule has 0 saturated carbocycles. The highest BCUT2D eigenvalue weighted by Gasteiger charge is 2.16. The average molecular weight is 248 g/mol. The van der Waals surface area contributed by atoms with Gasteiger partial charge in [0.15, 0.2) is 5.78 Å². The molecule has 0 saturated heterocycles. The van der Waals surface area contributed by atoms with E-state index in [-0.39, 0.29) is 18.2 Å². The Balaban J connectivity index is 2.32. The van der Waals surface area contributed by atoms with Crippen LogP contribution in [-0.4, -0.2) is 37.9 Å². The SMILES string of the molecule is CC(=O)COC(=O)c1nc2nc(C)cc(C)n2n1. The van der Waals surface area contributed by atoms with Gasteiger partial charge < -0.3 is 4.74 Å². The monoisotopic (exact) mass is 248 g/mol. The summed E-state index contributed by atoms with van der Waals surface area (Å²) < 4.78 is 6.19. The molecule has 0 bridgehead atoms. The minimum absolute atomic E-state index is 0.0996. The molecule has 0 N–H and O–H groups in total. The van der Waals surface area contributed by atoms with Crippen molar-refractivity contribution in [3.63, 3.8) is 0 Å². The number of carbonyl (C=O) groups excluding carboxylic acids is 2. The minimum Gasteiger partial charge on any atom is -0.452 e. The average Bonchev–Trinajstić information content (AvgIpc) is 2.69. The number of carbonyl (C=O) groups is 2. The standard InChI is InChI=1S/C11H12N4O3/c1-6-4-7(2)15-11(12-6)13-9(14-15)10(17)18-5-8(3)16/h4H,5H2,1-3H3. The van der Waals surface area contributed by atoms with Crippen LogP contribution in [0, 0.1) is 13.8 Å². The van der Waals surface area contributed by atoms with Gasteiger partial charge in [0.25, 0.3) is 11.6 Å². The Hall–Kier alpha value is -2.31. The number of hydrogen-bond acceptors (Lipinski definition) is 6. The van der Waals surface area contributed by atoms with E-state index in [0.717, 1.165) is 11.4 Å². The Kier molecular flexibility index (Phi) is 3.05. The Bertz CT molecular complexity index is 632. The largest absolute Gasteiger partial charge is 0.452 e. The Morgan fingerprint density at radius 3 is 2.72 bits per heavy atom. The summed E-state index contributed by atoms with van der Waals surface area (Å²) in [5.41, 5.74) is 1.60. The lowest BCUT2D eigenvalue weighted by molar-refractivity contribution is -0.120. The first-order chi connectivity index (χ1) is 8.47. The zero-order valence-corrected chi connectivity index (χ0v) is 10.3. The number of aryl methyl sites for hydroxylation is 2. The maximum atomic E-state index is 11.6. The van der Waals surface area contributed by atoms with Crippen molar-refractivity contribution in [2.45, 2.75) is 20.8 Å². The van der Waals surface area contributed by atoms with E-state index in [0.29, 0.717) is 5.78 Å². The molecule has 2 rings (SSSR count). The molecule has 2 aromatic heterocycles. The first kappa shape index (κ1) is 12.2. The Labute approximate surface area is 103 Å². The Morgan fingerprint density at radius 2 is 2.06 bits per heavy atom. The summed E-state index contributed by atoms with van der Waals surface area (Å²) in [7, 11) is 0. The van der Waals surface area contributed by atoms with Gasteiger partial charge in [-0.15, -0.1) is 5.10 Å². The fourth-order valence-corrected chi connectivity index (χ4v) is 1.48. The van der Waals surface area contributed by atoms with Gasteiger partial charge >= 0.3 is 5.97 Å². The van der Waals surface area contributed by atoms with Crippen LogP contribution in [0.2, 0.25) is 0 Å². The molecule has 7 heteroatoms. The molecule has 0 amide bonds. The van der Waals surface area contributed by atoms with Gasteiger partial charge in [0.1, 0.15) is 6.61 Å². The lowest BCUT2D eigenvalue weighted by Crippen LogP contribution is -2.13. The van der Waals surface area contributed by atoms with Crippen LogP contribution in [0.3, 0.4) is 0 Å². The van der Waals surface area contributed by atoms with Gasteiger partial charge in [0, 0.05) is 11.4 Å². The quantitative estimate of drug-likeness (QED) is 0.734. The molecule has 0 aliphatic rings. The molecule has 7 nitrogen and oxygen atoms in total. The molecule has 0 radical (unpaired) electrons. The first-order valence-electron chi connectivity index (χ1n) is 5.35. The minimum atomic E-state index is -0.729. The van der Waals surface area contributed by atoms with Crippen LogP contribution < -0.4 is 0 Å². The van der Waals surface area contributed by atoms with Crippen LogP contribution in [0.5, 0.6) is 0 Å². The Morgan fingerprint density at radius 1 is 1.33 bits per heavy atom. The summed E-state index contributed by atoms with van der Waals surface area (Å²) in [6.07, 6.45) is 0. The maximum Gasteiger partial charge on any atom is 0.378 e. The third-order valence-electron chi connectivity index (χ3n) is 2.21. The summed E-state index contributed by atoms with van der Waals surface area (Å²) in [4.78, 5) is 30.4. The van der Waals surface area contributed by atoms with E-state index in [1.54, 1.807) is 0 Å². The molecule has 0 spiro atoms. The number of aromatic nitrogens is 4. The molecule has 2 aromatic rings. The van der Waals surface area contributed by atoms with Gasteiger partial charge in [-0.05, 0) is 26.8 Å². The van der Waals surface area contributed by atoms with Crippen molar-refractivity contribution in [2.75, 3.05) is 6.61 Å². The summed E-state index contributed by atoms with van der Waals surface area (Å²) in [5, 5.41) is 3.99. The summed E-state index contributed by atoms with van der Waals surface area (Å²) in [5.74, 6) is -0.732. The predicted octanol–water partition coefficient (Wildman–Crippen LogP) is 0.487. The summed E-state index contributed by atoms with van der Waals surface area (Å²) in [6.45, 7) is 4.72. The summed E-state index contributed by atoms with van der Waals surface area (Å²) in [6, 6.07) is 1.83. The topological polar surface area (TPSA) is 86.5 Å². The zero-order valence-electron chi connectivity index (χ0n) is 10.3. The molecular formula is C11H12N4O3. The van der Waals surface area contributed by atoms with Gasteiger partial charge in [-0.3, -0.25) is 4.79 Å². The summed E-state index contributed by atoms with van der Waals surface area (Å²) >= 11 is 0. The number of nitrogens with zero attached hydrogens (tertiary/aromatic N) is 4. The van der Waals surface area contributed by atoms with E-state index in [1.807, 2.05) is 19.9 Å². The van der Waals surface area contributed by atoms with Crippen LogP contribution in [0.25, 0.3) is 5.78 Å². The highest BCUT2D eigenvalue weighted by atomic mass is 16.5. The molecule has 0 fully saturated rings. The molecule has 0 aliphatic carbocycles. The second kappa shape index (κ2) is 4.52. The molecule has 0 unspecified atom stereocenters. The molecule has 0 aliphatic heterocycles. The lowest BCUT2D eigenvalue weighted by atomic mass is 10.4. The van der Waals surface area contributed by atoms with Crippen LogP contribution in [0.15, 0.2) is 6.07 Å². The van der Waals surface area contributed by atoms with Crippen LogP contribution >= 0.6 is 0 Å². The maximum absolute atomic E-state index is 11.6. The van der Waals surface area contributed by atoms with E-state index in [1.165, 1.54) is 11.4 Å². The third kappa shape index (κ3) is 2.34. The molecular weight excluding hydrogens is 236 g/mol. The number of hydrogen-bond donors (Lipinski definition) is 0. The van der Waals surface area contributed by atoms with Gasteiger partial charge in [-0.25, -0.2) is 14.3 Å². The van der Waals surface area contributed by atoms with Crippen LogP contribution in [0.1, 0.15) is 28.9 Å². The van der Waals surface area contributed by atoms with Crippen molar-refractivity contribution in [2.24, 2.45) is 0 Å². The molecule has 94 valence electrons. The van der Waals surface area contributed by atoms with Crippen molar-refractivity contribution in [1.82, 2.24) is 19.6 Å². The second-order valence-corrected chi connectivity index (χ2v) is 3.96. The predicted molar refractivity (Wildman–Crippen MR) is 61.2 cm³/mol. The van der Waals surface area contributed by atoms with E-state index < -0.39 is 5.97 Å². The highest BCUT2D eigenvalue weighted by molar-refractivity contribution is 5.88. The van der Waals surface area contributed by atoms with E-state index in [2.05, 4.69) is 15.1 Å². The van der Waals surface area contributed by atoms with Crippen LogP contribution in [0.4, 0.5) is 0 Å². The van der Waals surface area contributed by atoms with Crippen molar-refractivity contribution >= 4 is 17.5 Å². The highest BCUT2D eigenvalue weighted by Crippen LogP contribution is 2.06. The zero-order chi connectivity index (χ0) is 13.3. The third-order valence-corrected chi connectivity index (χ3v) is 2.21. The van der Waals surface area contributed by atoms with E-state index in [4.69, 9.17) is 4.74 Å². The van der Waals surface area contributed by atoms with Gasteiger partial charge in [-0.1, -0.05) is 0 Å². The van der Waals surface area contributed by atoms with Gasteiger partial charge in [0.2, 0.25) is 0 Å². The fraction of sp³-hybridized carbons (Fsp3) is 0.364. The number of ketones is 1. The number of fused-ring (bicyclic) bond motifs is 1. The second-order valence-electron chi connectivity index (χ2n) is 3.96. The normalized spacial score (nSPS) is 10.6. The smallest absolute Gasteiger partial charge is 0.378 e. The van der Waals surface area contributed by atoms with E-state index >= 15 is 0 Å². The molecule has 18 heavy (non-hydrogen) atoms. The van der Waals surface area contributed by atoms with Crippen molar-refractivity contribution in [3.8, 4) is 0 Å². The van der Waals surface area contributed by atoms with Gasteiger partial charge in [-0.2, -0.15) is 4.98 Å². The van der Waals surface area contributed by atoms with E-state index in [9.17, 15) is 9.59 Å². The lowest BCUT2D eigenvalue weighted by Gasteiger charge is -1.97. The number of rotatable bonds is 3. The van der Waals surface area contributed by atoms with Gasteiger partial charge in [0.05, 0.1) is 0 Å². The van der Waals surface area contributed by atoms with Crippen molar-refractivity contribution in [3.05, 3.63) is 23.3 Å². The molecule has 2 heterocycles. The fourth-order valence-electron chi connectivity index (χ4n) is 1.48. The van der Waals surface area contributed by atoms with Crippen molar-refractivity contribution < 1.29 is 14.3 Å². The van der Waals surface area contributed by atoms with Crippen LogP contribution in [-0.2, 0) is 9.53 Å². The number of esters is 1. The number of Topliss-reactive ketones (excluding diaryl/α,β-unsaturated/α-hetero) is 1. The molecule has 0 atom stereocenters. The number of ether oxygens (including phenoxy) is 1. The van der Waals surface area contributed by atoms with Crippen molar-refractivity contribution in [1.29, 1.82) is 0 Å². The molecule has 0 aromatic carbocycles.